The molecule has 1 unspecified atom stereocenters. The van der Waals surface area contributed by atoms with E-state index in [0.29, 0.717) is 32.1 Å². The fourth-order valence-corrected chi connectivity index (χ4v) is 3.92. The van der Waals surface area contributed by atoms with Gasteiger partial charge in [0.2, 0.25) is 11.8 Å². The van der Waals surface area contributed by atoms with Crippen molar-refractivity contribution in [2.24, 2.45) is 22.4 Å². The number of nitrogens with zero attached hydrogens (tertiary/aromatic N) is 1. The zero-order chi connectivity index (χ0) is 29.3. The van der Waals surface area contributed by atoms with Crippen LogP contribution in [0.2, 0.25) is 0 Å². The minimum atomic E-state index is -1.01. The van der Waals surface area contributed by atoms with Crippen LogP contribution in [-0.4, -0.2) is 54.8 Å². The fraction of sp³-hybridized carbons (Fsp3) is 0.414. The summed E-state index contributed by atoms with van der Waals surface area (Å²) in [5.41, 5.74) is 12.3. The molecule has 2 rings (SSSR count). The molecule has 0 aliphatic carbocycles. The summed E-state index contributed by atoms with van der Waals surface area (Å²) in [5, 5.41) is 8.09. The highest BCUT2D eigenvalue weighted by atomic mass is 16.5. The van der Waals surface area contributed by atoms with Gasteiger partial charge in [0.1, 0.15) is 25.0 Å². The first-order valence-corrected chi connectivity index (χ1v) is 13.3. The summed E-state index contributed by atoms with van der Waals surface area (Å²) >= 11 is 0. The summed E-state index contributed by atoms with van der Waals surface area (Å²) in [7, 11) is 0. The highest BCUT2D eigenvalue weighted by Crippen LogP contribution is 2.09. The molecule has 11 nitrogen and oxygen atoms in total. The van der Waals surface area contributed by atoms with Gasteiger partial charge in [0.05, 0.1) is 6.04 Å². The number of amides is 3. The molecule has 0 radical (unpaired) electrons. The van der Waals surface area contributed by atoms with E-state index in [-0.39, 0.29) is 24.9 Å². The van der Waals surface area contributed by atoms with Gasteiger partial charge in [0.15, 0.2) is 5.96 Å². The summed E-state index contributed by atoms with van der Waals surface area (Å²) < 4.78 is 5.32. The van der Waals surface area contributed by atoms with Gasteiger partial charge in [-0.15, -0.1) is 0 Å². The van der Waals surface area contributed by atoms with Crippen LogP contribution in [0.4, 0.5) is 4.79 Å². The van der Waals surface area contributed by atoms with Gasteiger partial charge in [-0.3, -0.25) is 14.6 Å². The van der Waals surface area contributed by atoms with Crippen LogP contribution in [0.15, 0.2) is 65.7 Å². The lowest BCUT2D eigenvalue weighted by Crippen LogP contribution is -2.56. The molecule has 0 saturated heterocycles. The number of carbonyl (C=O) groups is 4. The number of aliphatic imine (C=N–C) groups is 1. The lowest BCUT2D eigenvalue weighted by atomic mass is 10.0. The van der Waals surface area contributed by atoms with Gasteiger partial charge < -0.3 is 36.9 Å². The maximum atomic E-state index is 13.4. The molecule has 0 fully saturated rings. The zero-order valence-electron chi connectivity index (χ0n) is 23.0. The molecule has 11 heteroatoms. The number of nitrogens with one attached hydrogen (secondary N) is 3. The van der Waals surface area contributed by atoms with Gasteiger partial charge in [-0.25, -0.2) is 4.79 Å². The van der Waals surface area contributed by atoms with E-state index in [9.17, 15) is 19.2 Å². The van der Waals surface area contributed by atoms with Crippen LogP contribution >= 0.6 is 0 Å². The Balaban J connectivity index is 2.09. The number of alkyl carbamates (subject to hydrolysis) is 1. The van der Waals surface area contributed by atoms with Crippen LogP contribution in [0.5, 0.6) is 0 Å². The molecule has 0 aromatic heterocycles. The molecule has 0 heterocycles. The molecule has 2 aromatic rings. The average Bonchev–Trinajstić information content (AvgIpc) is 2.93. The second-order valence-corrected chi connectivity index (χ2v) is 9.84. The number of ether oxygens (including phenoxy) is 1. The highest BCUT2D eigenvalue weighted by molar-refractivity contribution is 5.92. The lowest BCUT2D eigenvalue weighted by Gasteiger charge is -2.25. The van der Waals surface area contributed by atoms with E-state index in [1.54, 1.807) is 0 Å². The molecule has 3 amide bonds. The Bertz CT molecular complexity index is 1110. The second kappa shape index (κ2) is 17.2. The summed E-state index contributed by atoms with van der Waals surface area (Å²) in [5.74, 6) is -1.03. The number of guanidine groups is 1. The van der Waals surface area contributed by atoms with Gasteiger partial charge in [-0.1, -0.05) is 74.5 Å². The van der Waals surface area contributed by atoms with Crippen molar-refractivity contribution < 1.29 is 23.9 Å². The largest absolute Gasteiger partial charge is 0.445 e. The third-order valence-corrected chi connectivity index (χ3v) is 5.90. The predicted octanol–water partition coefficient (Wildman–Crippen LogP) is 1.79. The van der Waals surface area contributed by atoms with Crippen molar-refractivity contribution in [2.45, 2.75) is 64.3 Å². The molecule has 0 aliphatic heterocycles. The summed E-state index contributed by atoms with van der Waals surface area (Å²) in [4.78, 5) is 54.6. The third-order valence-electron chi connectivity index (χ3n) is 5.90. The predicted molar refractivity (Wildman–Crippen MR) is 153 cm³/mol. The minimum absolute atomic E-state index is 0.0427. The van der Waals surface area contributed by atoms with Crippen molar-refractivity contribution in [2.75, 3.05) is 6.54 Å². The molecule has 40 heavy (non-hydrogen) atoms. The van der Waals surface area contributed by atoms with Gasteiger partial charge in [0.25, 0.3) is 0 Å². The maximum absolute atomic E-state index is 13.4. The molecule has 0 spiro atoms. The van der Waals surface area contributed by atoms with Crippen molar-refractivity contribution in [1.82, 2.24) is 16.0 Å². The van der Waals surface area contributed by atoms with Crippen molar-refractivity contribution in [3.63, 3.8) is 0 Å². The first kappa shape index (κ1) is 31.8. The second-order valence-electron chi connectivity index (χ2n) is 9.84. The van der Waals surface area contributed by atoms with E-state index in [1.165, 1.54) is 0 Å². The Morgan fingerprint density at radius 1 is 0.875 bits per heavy atom. The van der Waals surface area contributed by atoms with Gasteiger partial charge in [-0.05, 0) is 36.3 Å². The van der Waals surface area contributed by atoms with Crippen molar-refractivity contribution >= 4 is 30.2 Å². The summed E-state index contributed by atoms with van der Waals surface area (Å²) in [6.07, 6.45) is 1.21. The van der Waals surface area contributed by atoms with Crippen LogP contribution in [0.1, 0.15) is 44.2 Å². The Labute approximate surface area is 235 Å². The van der Waals surface area contributed by atoms with Crippen molar-refractivity contribution in [1.29, 1.82) is 0 Å². The van der Waals surface area contributed by atoms with Crippen LogP contribution < -0.4 is 27.4 Å². The van der Waals surface area contributed by atoms with Gasteiger partial charge in [-0.2, -0.15) is 0 Å². The topological polar surface area (TPSA) is 178 Å². The van der Waals surface area contributed by atoms with Crippen LogP contribution in [-0.2, 0) is 32.1 Å². The van der Waals surface area contributed by atoms with Crippen LogP contribution in [0.3, 0.4) is 0 Å². The van der Waals surface area contributed by atoms with Crippen molar-refractivity contribution in [3.8, 4) is 0 Å². The first-order chi connectivity index (χ1) is 19.2. The quantitative estimate of drug-likeness (QED) is 0.0912. The summed E-state index contributed by atoms with van der Waals surface area (Å²) in [6.45, 7) is 4.20. The zero-order valence-corrected chi connectivity index (χ0v) is 23.0. The van der Waals surface area contributed by atoms with E-state index in [1.807, 2.05) is 74.5 Å². The van der Waals surface area contributed by atoms with E-state index in [4.69, 9.17) is 16.2 Å². The third kappa shape index (κ3) is 12.4. The number of hydrogen-bond acceptors (Lipinski definition) is 6. The average molecular weight is 553 g/mol. The van der Waals surface area contributed by atoms with E-state index < -0.39 is 36.0 Å². The molecule has 0 aliphatic rings. The van der Waals surface area contributed by atoms with Gasteiger partial charge in [0, 0.05) is 13.0 Å². The number of aldehydes is 1. The highest BCUT2D eigenvalue weighted by Gasteiger charge is 2.29. The fourth-order valence-electron chi connectivity index (χ4n) is 3.92. The molecule has 216 valence electrons. The molecule has 7 N–H and O–H groups in total. The first-order valence-electron chi connectivity index (χ1n) is 13.3. The Kier molecular flexibility index (Phi) is 13.7. The Hall–Kier alpha value is -4.41. The van der Waals surface area contributed by atoms with Crippen LogP contribution in [0, 0.1) is 5.92 Å². The molecule has 3 atom stereocenters. The maximum Gasteiger partial charge on any atom is 0.408 e. The monoisotopic (exact) mass is 552 g/mol. The standard InChI is InChI=1S/C29H40N6O5/c1-20(2)16-24(26(37)33-23(18-36)14-9-15-32-28(30)31)34-27(38)25(17-21-10-5-3-6-11-21)35-29(39)40-19-22-12-7-4-8-13-22/h3-8,10-13,18,20,23-25H,9,14-17,19H2,1-2H3,(H,33,37)(H,34,38)(H,35,39)(H4,30,31,32)/t23?,24-,25-/m0/s1. The smallest absolute Gasteiger partial charge is 0.408 e. The van der Waals surface area contributed by atoms with Crippen molar-refractivity contribution in [3.05, 3.63) is 71.8 Å². The number of nitrogens with two attached hydrogens (primary N) is 2. The molecular formula is C29H40N6O5. The molecule has 0 bridgehead atoms. The minimum Gasteiger partial charge on any atom is -0.445 e. The van der Waals surface area contributed by atoms with E-state index in [2.05, 4.69) is 20.9 Å². The Morgan fingerprint density at radius 3 is 2.05 bits per heavy atom. The SMILES string of the molecule is CC(C)C[C@H](NC(=O)[C@H](Cc1ccccc1)NC(=O)OCc1ccccc1)C(=O)NC(C=O)CCCN=C(N)N. The number of benzene rings is 2. The summed E-state index contributed by atoms with van der Waals surface area (Å²) in [6, 6.07) is 15.7. The molecule has 0 saturated carbocycles. The number of hydrogen-bond donors (Lipinski definition) is 5. The number of carbonyl (C=O) groups excluding carboxylic acids is 4. The Morgan fingerprint density at radius 2 is 1.48 bits per heavy atom. The lowest BCUT2D eigenvalue weighted by molar-refractivity contribution is -0.131. The normalized spacial score (nSPS) is 12.9. The van der Waals surface area contributed by atoms with Gasteiger partial charge >= 0.3 is 6.09 Å². The van der Waals surface area contributed by atoms with E-state index in [0.717, 1.165) is 11.1 Å². The number of rotatable bonds is 16. The van der Waals surface area contributed by atoms with Crippen LogP contribution in [0.25, 0.3) is 0 Å². The molecular weight excluding hydrogens is 512 g/mol. The van der Waals surface area contributed by atoms with E-state index >= 15 is 0 Å². The molecule has 2 aromatic carbocycles.